The zero-order chi connectivity index (χ0) is 24.0. The Morgan fingerprint density at radius 1 is 0.472 bits per heavy atom. The first-order chi connectivity index (χ1) is 17.7. The van der Waals surface area contributed by atoms with Crippen LogP contribution in [0.4, 0.5) is 0 Å². The molecular formula is C33H21BO2. The van der Waals surface area contributed by atoms with Gasteiger partial charge in [-0.05, 0) is 83.6 Å². The summed E-state index contributed by atoms with van der Waals surface area (Å²) in [4.78, 5) is 0. The summed E-state index contributed by atoms with van der Waals surface area (Å²) in [5.41, 5.74) is 9.14. The van der Waals surface area contributed by atoms with Gasteiger partial charge in [0.15, 0.2) is 0 Å². The summed E-state index contributed by atoms with van der Waals surface area (Å²) in [5, 5.41) is 26.1. The van der Waals surface area contributed by atoms with E-state index in [1.807, 2.05) is 12.1 Å². The van der Waals surface area contributed by atoms with Gasteiger partial charge in [-0.15, -0.1) is 0 Å². The van der Waals surface area contributed by atoms with Crippen molar-refractivity contribution < 1.29 is 10.0 Å². The first-order valence-corrected chi connectivity index (χ1v) is 12.3. The highest BCUT2D eigenvalue weighted by molar-refractivity contribution is 6.59. The number of benzene rings is 6. The van der Waals surface area contributed by atoms with Crippen LogP contribution in [0.3, 0.4) is 0 Å². The Balaban J connectivity index is 1.67. The molecular weight excluding hydrogens is 439 g/mol. The summed E-state index contributed by atoms with van der Waals surface area (Å²) in [7, 11) is -1.57. The maximum absolute atomic E-state index is 10.6. The molecule has 1 atom stereocenters. The largest absolute Gasteiger partial charge is 0.488 e. The number of hydrogen-bond donors (Lipinski definition) is 2. The second-order valence-corrected chi connectivity index (χ2v) is 9.89. The van der Waals surface area contributed by atoms with Crippen LogP contribution in [0.15, 0.2) is 115 Å². The molecule has 2 nitrogen and oxygen atoms in total. The zero-order valence-corrected chi connectivity index (χ0v) is 19.4. The number of rotatable bonds is 1. The molecule has 6 aromatic carbocycles. The summed E-state index contributed by atoms with van der Waals surface area (Å²) in [6.45, 7) is 0. The summed E-state index contributed by atoms with van der Waals surface area (Å²) in [5.74, 6) is 0. The molecule has 2 N–H and O–H groups in total. The molecule has 2 aliphatic rings. The Morgan fingerprint density at radius 2 is 1.14 bits per heavy atom. The van der Waals surface area contributed by atoms with Gasteiger partial charge in [0.1, 0.15) is 0 Å². The van der Waals surface area contributed by atoms with Crippen LogP contribution < -0.4 is 5.46 Å². The second-order valence-electron chi connectivity index (χ2n) is 9.89. The maximum Gasteiger partial charge on any atom is 0.488 e. The Hall–Kier alpha value is -4.18. The van der Waals surface area contributed by atoms with E-state index in [9.17, 15) is 10.0 Å². The molecule has 36 heavy (non-hydrogen) atoms. The topological polar surface area (TPSA) is 40.5 Å². The molecule has 0 radical (unpaired) electrons. The lowest BCUT2D eigenvalue weighted by Crippen LogP contribution is -2.40. The first-order valence-electron chi connectivity index (χ1n) is 12.3. The standard InChI is InChI=1S/C33H21BO2/c35-34(36)30-15-7-13-25-26-17-16-20-8-3-4-11-23(20)31(26)33(32(25)30)28-14-6-5-12-24(28)27-18-21-9-1-2-10-22(21)19-29(27)33/h1-19,35-36H. The van der Waals surface area contributed by atoms with Crippen LogP contribution in [0.25, 0.3) is 43.8 Å². The minimum Gasteiger partial charge on any atom is -0.423 e. The fourth-order valence-electron chi connectivity index (χ4n) is 6.96. The van der Waals surface area contributed by atoms with Gasteiger partial charge in [-0.2, -0.15) is 0 Å². The molecule has 0 saturated carbocycles. The zero-order valence-electron chi connectivity index (χ0n) is 19.4. The smallest absolute Gasteiger partial charge is 0.423 e. The lowest BCUT2D eigenvalue weighted by Gasteiger charge is -2.33. The molecule has 0 amide bonds. The van der Waals surface area contributed by atoms with Gasteiger partial charge in [-0.3, -0.25) is 0 Å². The fourth-order valence-corrected chi connectivity index (χ4v) is 6.96. The Bertz CT molecular complexity index is 1890. The molecule has 0 saturated heterocycles. The molecule has 0 aliphatic heterocycles. The van der Waals surface area contributed by atoms with E-state index in [2.05, 4.69) is 103 Å². The quantitative estimate of drug-likeness (QED) is 0.294. The number of fused-ring (bicyclic) bond motifs is 13. The Kier molecular flexibility index (Phi) is 3.87. The van der Waals surface area contributed by atoms with Crippen LogP contribution in [0.5, 0.6) is 0 Å². The van der Waals surface area contributed by atoms with Crippen molar-refractivity contribution in [1.82, 2.24) is 0 Å². The van der Waals surface area contributed by atoms with Gasteiger partial charge in [0, 0.05) is 0 Å². The molecule has 1 spiro atoms. The van der Waals surface area contributed by atoms with Crippen molar-refractivity contribution in [2.24, 2.45) is 0 Å². The summed E-state index contributed by atoms with van der Waals surface area (Å²) < 4.78 is 0. The third-order valence-electron chi connectivity index (χ3n) is 8.26. The third kappa shape index (κ3) is 2.30. The lowest BCUT2D eigenvalue weighted by molar-refractivity contribution is 0.425. The van der Waals surface area contributed by atoms with Crippen molar-refractivity contribution in [3.63, 3.8) is 0 Å². The highest BCUT2D eigenvalue weighted by Crippen LogP contribution is 2.64. The minimum atomic E-state index is -1.57. The van der Waals surface area contributed by atoms with Gasteiger partial charge in [-0.1, -0.05) is 103 Å². The van der Waals surface area contributed by atoms with Crippen LogP contribution in [0, 0.1) is 0 Å². The normalized spacial score (nSPS) is 16.7. The Morgan fingerprint density at radius 3 is 1.97 bits per heavy atom. The van der Waals surface area contributed by atoms with Crippen LogP contribution in [0.1, 0.15) is 22.3 Å². The van der Waals surface area contributed by atoms with Crippen molar-refractivity contribution in [3.8, 4) is 22.3 Å². The average molecular weight is 460 g/mol. The minimum absolute atomic E-state index is 0.559. The van der Waals surface area contributed by atoms with Gasteiger partial charge in [0.25, 0.3) is 0 Å². The van der Waals surface area contributed by atoms with E-state index in [4.69, 9.17) is 0 Å². The van der Waals surface area contributed by atoms with E-state index in [1.165, 1.54) is 49.4 Å². The molecule has 0 fully saturated rings. The summed E-state index contributed by atoms with van der Waals surface area (Å²) >= 11 is 0. The fraction of sp³-hybridized carbons (Fsp3) is 0.0303. The van der Waals surface area contributed by atoms with Gasteiger partial charge < -0.3 is 10.0 Å². The van der Waals surface area contributed by atoms with Gasteiger partial charge in [0.2, 0.25) is 0 Å². The Labute approximate surface area is 209 Å². The van der Waals surface area contributed by atoms with Crippen molar-refractivity contribution in [2.75, 3.05) is 0 Å². The summed E-state index contributed by atoms with van der Waals surface area (Å²) in [6.07, 6.45) is 0. The van der Waals surface area contributed by atoms with Gasteiger partial charge >= 0.3 is 7.12 Å². The summed E-state index contributed by atoms with van der Waals surface area (Å²) in [6, 6.07) is 40.6. The van der Waals surface area contributed by atoms with Crippen LogP contribution in [-0.4, -0.2) is 17.2 Å². The molecule has 0 aromatic heterocycles. The van der Waals surface area contributed by atoms with E-state index < -0.39 is 12.5 Å². The monoisotopic (exact) mass is 460 g/mol. The second kappa shape index (κ2) is 6.95. The van der Waals surface area contributed by atoms with Crippen molar-refractivity contribution in [1.29, 1.82) is 0 Å². The molecule has 8 rings (SSSR count). The number of hydrogen-bond acceptors (Lipinski definition) is 2. The van der Waals surface area contributed by atoms with Gasteiger partial charge in [0.05, 0.1) is 5.41 Å². The van der Waals surface area contributed by atoms with E-state index in [0.717, 1.165) is 16.7 Å². The lowest BCUT2D eigenvalue weighted by atomic mass is 9.63. The van der Waals surface area contributed by atoms with E-state index >= 15 is 0 Å². The third-order valence-corrected chi connectivity index (χ3v) is 8.26. The predicted octanol–water partition coefficient (Wildman–Crippen LogP) is 6.02. The molecule has 1 unspecified atom stereocenters. The van der Waals surface area contributed by atoms with Crippen molar-refractivity contribution >= 4 is 34.1 Å². The highest BCUT2D eigenvalue weighted by Gasteiger charge is 2.54. The molecule has 3 heteroatoms. The maximum atomic E-state index is 10.6. The van der Waals surface area contributed by atoms with Crippen LogP contribution in [0.2, 0.25) is 0 Å². The van der Waals surface area contributed by atoms with Crippen molar-refractivity contribution in [2.45, 2.75) is 5.41 Å². The molecule has 168 valence electrons. The van der Waals surface area contributed by atoms with E-state index in [-0.39, 0.29) is 0 Å². The molecule has 2 aliphatic carbocycles. The first kappa shape index (κ1) is 20.1. The SMILES string of the molecule is OB(O)c1cccc2c1C1(c3ccccc3-c3cc4ccccc4cc31)c1c-2ccc2ccccc12. The molecule has 0 bridgehead atoms. The molecule has 0 heterocycles. The highest BCUT2D eigenvalue weighted by atomic mass is 16.4. The van der Waals surface area contributed by atoms with Crippen molar-refractivity contribution in [3.05, 3.63) is 138 Å². The molecule has 6 aromatic rings. The average Bonchev–Trinajstić information content (AvgIpc) is 3.38. The van der Waals surface area contributed by atoms with Crippen LogP contribution >= 0.6 is 0 Å². The predicted molar refractivity (Wildman–Crippen MR) is 148 cm³/mol. The van der Waals surface area contributed by atoms with E-state index in [1.54, 1.807) is 0 Å². The van der Waals surface area contributed by atoms with Gasteiger partial charge in [-0.25, -0.2) is 0 Å². The van der Waals surface area contributed by atoms with E-state index in [0.29, 0.717) is 5.46 Å². The van der Waals surface area contributed by atoms with Crippen LogP contribution in [-0.2, 0) is 5.41 Å².